The maximum absolute atomic E-state index is 6.03. The number of rotatable bonds is 5. The minimum absolute atomic E-state index is 0.190. The molecule has 1 atom stereocenters. The fourth-order valence-electron chi connectivity index (χ4n) is 1.78. The van der Waals surface area contributed by atoms with E-state index in [1.165, 1.54) is 4.88 Å². The number of anilines is 1. The lowest BCUT2D eigenvalue weighted by molar-refractivity contribution is 0.572. The molecule has 1 aromatic carbocycles. The van der Waals surface area contributed by atoms with E-state index in [1.54, 1.807) is 11.3 Å². The number of aryl methyl sites for hydroxylation is 1. The number of hydrogen-bond donors (Lipinski definition) is 2. The summed E-state index contributed by atoms with van der Waals surface area (Å²) in [5.74, 6) is 0. The number of nitrogens with zero attached hydrogens (tertiary/aromatic N) is 1. The molecule has 0 radical (unpaired) electrons. The Balaban J connectivity index is 2.01. The van der Waals surface area contributed by atoms with Gasteiger partial charge in [-0.1, -0.05) is 30.1 Å². The SMILES string of the molecule is CCc1cnc(C(C)NCc2cc(Cl)c(N)c(Cl)c2)s1. The van der Waals surface area contributed by atoms with Crippen molar-refractivity contribution in [3.63, 3.8) is 0 Å². The number of nitrogen functional groups attached to an aromatic ring is 1. The first-order valence-electron chi connectivity index (χ1n) is 6.42. The lowest BCUT2D eigenvalue weighted by Crippen LogP contribution is -2.18. The lowest BCUT2D eigenvalue weighted by Gasteiger charge is -2.12. The molecule has 0 saturated heterocycles. The van der Waals surface area contributed by atoms with Crippen molar-refractivity contribution in [3.05, 3.63) is 43.8 Å². The lowest BCUT2D eigenvalue weighted by atomic mass is 10.2. The van der Waals surface area contributed by atoms with E-state index in [1.807, 2.05) is 18.3 Å². The van der Waals surface area contributed by atoms with Crippen molar-refractivity contribution < 1.29 is 0 Å². The highest BCUT2D eigenvalue weighted by molar-refractivity contribution is 7.11. The van der Waals surface area contributed by atoms with Crippen molar-refractivity contribution in [1.82, 2.24) is 10.3 Å². The third-order valence-electron chi connectivity index (χ3n) is 3.04. The van der Waals surface area contributed by atoms with Gasteiger partial charge in [0.15, 0.2) is 0 Å². The normalized spacial score (nSPS) is 12.6. The van der Waals surface area contributed by atoms with Gasteiger partial charge in [0.05, 0.1) is 21.8 Å². The van der Waals surface area contributed by atoms with Gasteiger partial charge in [0.25, 0.3) is 0 Å². The molecule has 0 aliphatic rings. The molecule has 0 fully saturated rings. The van der Waals surface area contributed by atoms with Gasteiger partial charge in [0.1, 0.15) is 5.01 Å². The summed E-state index contributed by atoms with van der Waals surface area (Å²) in [7, 11) is 0. The number of hydrogen-bond acceptors (Lipinski definition) is 4. The smallest absolute Gasteiger partial charge is 0.109 e. The summed E-state index contributed by atoms with van der Waals surface area (Å²) in [6.45, 7) is 4.90. The molecule has 6 heteroatoms. The first-order chi connectivity index (χ1) is 9.51. The molecule has 1 unspecified atom stereocenters. The molecule has 0 saturated carbocycles. The molecule has 0 aliphatic carbocycles. The Morgan fingerprint density at radius 1 is 1.35 bits per heavy atom. The molecule has 2 rings (SSSR count). The Morgan fingerprint density at radius 2 is 2.00 bits per heavy atom. The van der Waals surface area contributed by atoms with Gasteiger partial charge < -0.3 is 11.1 Å². The Hall–Kier alpha value is -0.810. The van der Waals surface area contributed by atoms with Crippen molar-refractivity contribution in [2.75, 3.05) is 5.73 Å². The number of nitrogens with two attached hydrogens (primary N) is 1. The highest BCUT2D eigenvalue weighted by atomic mass is 35.5. The van der Waals surface area contributed by atoms with Crippen LogP contribution in [0.4, 0.5) is 5.69 Å². The molecule has 0 aliphatic heterocycles. The van der Waals surface area contributed by atoms with E-state index in [4.69, 9.17) is 28.9 Å². The first kappa shape index (κ1) is 15.6. The van der Waals surface area contributed by atoms with E-state index in [2.05, 4.69) is 24.1 Å². The van der Waals surface area contributed by atoms with Gasteiger partial charge >= 0.3 is 0 Å². The minimum Gasteiger partial charge on any atom is -0.396 e. The third kappa shape index (κ3) is 3.64. The van der Waals surface area contributed by atoms with Gasteiger partial charge in [-0.3, -0.25) is 0 Å². The van der Waals surface area contributed by atoms with Crippen molar-refractivity contribution >= 4 is 40.2 Å². The zero-order valence-corrected chi connectivity index (χ0v) is 13.7. The zero-order chi connectivity index (χ0) is 14.7. The van der Waals surface area contributed by atoms with E-state index >= 15 is 0 Å². The summed E-state index contributed by atoms with van der Waals surface area (Å²) in [5.41, 5.74) is 7.16. The van der Waals surface area contributed by atoms with Crippen molar-refractivity contribution in [2.24, 2.45) is 0 Å². The quantitative estimate of drug-likeness (QED) is 0.797. The van der Waals surface area contributed by atoms with Gasteiger partial charge in [-0.15, -0.1) is 11.3 Å². The Bertz CT molecular complexity index is 575. The Morgan fingerprint density at radius 3 is 2.55 bits per heavy atom. The van der Waals surface area contributed by atoms with E-state index in [-0.39, 0.29) is 6.04 Å². The highest BCUT2D eigenvalue weighted by Gasteiger charge is 2.11. The van der Waals surface area contributed by atoms with Crippen LogP contribution in [0.5, 0.6) is 0 Å². The maximum Gasteiger partial charge on any atom is 0.109 e. The molecule has 1 heterocycles. The minimum atomic E-state index is 0.190. The summed E-state index contributed by atoms with van der Waals surface area (Å²) < 4.78 is 0. The number of aromatic nitrogens is 1. The second-order valence-corrected chi connectivity index (χ2v) is 6.56. The van der Waals surface area contributed by atoms with Crippen molar-refractivity contribution in [3.8, 4) is 0 Å². The number of nitrogens with one attached hydrogen (secondary N) is 1. The van der Waals surface area contributed by atoms with Crippen molar-refractivity contribution in [1.29, 1.82) is 0 Å². The van der Waals surface area contributed by atoms with Gasteiger partial charge in [0.2, 0.25) is 0 Å². The van der Waals surface area contributed by atoms with Crippen LogP contribution in [0.15, 0.2) is 18.3 Å². The molecule has 0 bridgehead atoms. The predicted octanol–water partition coefficient (Wildman–Crippen LogP) is 4.45. The van der Waals surface area contributed by atoms with E-state index < -0.39 is 0 Å². The monoisotopic (exact) mass is 329 g/mol. The molecule has 1 aromatic heterocycles. The zero-order valence-electron chi connectivity index (χ0n) is 11.4. The second kappa shape index (κ2) is 6.76. The molecule has 20 heavy (non-hydrogen) atoms. The molecular weight excluding hydrogens is 313 g/mol. The van der Waals surface area contributed by atoms with E-state index in [0.717, 1.165) is 17.0 Å². The summed E-state index contributed by atoms with van der Waals surface area (Å²) in [5, 5.41) is 5.49. The molecule has 3 N–H and O–H groups in total. The summed E-state index contributed by atoms with van der Waals surface area (Å²) in [4.78, 5) is 5.73. The van der Waals surface area contributed by atoms with E-state index in [9.17, 15) is 0 Å². The topological polar surface area (TPSA) is 50.9 Å². The molecule has 2 aromatic rings. The van der Waals surface area contributed by atoms with Crippen LogP contribution in [0.1, 0.15) is 35.3 Å². The fourth-order valence-corrected chi connectivity index (χ4v) is 3.20. The van der Waals surface area contributed by atoms with Gasteiger partial charge in [0, 0.05) is 17.6 Å². The third-order valence-corrected chi connectivity index (χ3v) is 4.99. The number of halogens is 2. The number of thiazole rings is 1. The van der Waals surface area contributed by atoms with Crippen LogP contribution in [0.3, 0.4) is 0 Å². The second-order valence-electron chi connectivity index (χ2n) is 4.59. The average Bonchev–Trinajstić information content (AvgIpc) is 2.91. The number of benzene rings is 1. The average molecular weight is 330 g/mol. The standard InChI is InChI=1S/C14H17Cl2N3S/c1-3-10-7-19-14(20-10)8(2)18-6-9-4-11(15)13(17)12(16)5-9/h4-5,7-8,18H,3,6,17H2,1-2H3. The van der Waals surface area contributed by atoms with Gasteiger partial charge in [-0.2, -0.15) is 0 Å². The largest absolute Gasteiger partial charge is 0.396 e. The van der Waals surface area contributed by atoms with Gasteiger partial charge in [-0.25, -0.2) is 4.98 Å². The predicted molar refractivity (Wildman–Crippen MR) is 87.6 cm³/mol. The Kier molecular flexibility index (Phi) is 5.27. The summed E-state index contributed by atoms with van der Waals surface area (Å²) in [6.07, 6.45) is 2.96. The molecule has 0 spiro atoms. The van der Waals surface area contributed by atoms with Crippen LogP contribution in [-0.4, -0.2) is 4.98 Å². The maximum atomic E-state index is 6.03. The van der Waals surface area contributed by atoms with Crippen molar-refractivity contribution in [2.45, 2.75) is 32.9 Å². The van der Waals surface area contributed by atoms with Crippen LogP contribution in [0, 0.1) is 0 Å². The molecule has 0 amide bonds. The van der Waals surface area contributed by atoms with Gasteiger partial charge in [-0.05, 0) is 31.0 Å². The molecular formula is C14H17Cl2N3S. The summed E-state index contributed by atoms with van der Waals surface area (Å²) in [6, 6.07) is 3.86. The highest BCUT2D eigenvalue weighted by Crippen LogP contribution is 2.29. The Labute approximate surface area is 133 Å². The summed E-state index contributed by atoms with van der Waals surface area (Å²) >= 11 is 13.8. The molecule has 108 valence electrons. The van der Waals surface area contributed by atoms with Crippen LogP contribution in [-0.2, 0) is 13.0 Å². The first-order valence-corrected chi connectivity index (χ1v) is 7.99. The fraction of sp³-hybridized carbons (Fsp3) is 0.357. The van der Waals surface area contributed by atoms with Crippen LogP contribution in [0.25, 0.3) is 0 Å². The van der Waals surface area contributed by atoms with E-state index in [0.29, 0.717) is 22.3 Å². The van der Waals surface area contributed by atoms with Crippen LogP contribution < -0.4 is 11.1 Å². The molecule has 3 nitrogen and oxygen atoms in total. The van der Waals surface area contributed by atoms with Crippen LogP contribution >= 0.6 is 34.5 Å². The van der Waals surface area contributed by atoms with Crippen LogP contribution in [0.2, 0.25) is 10.0 Å².